The predicted octanol–water partition coefficient (Wildman–Crippen LogP) is 2.58. The third-order valence-corrected chi connectivity index (χ3v) is 3.43. The van der Waals surface area contributed by atoms with Crippen molar-refractivity contribution in [1.29, 1.82) is 0 Å². The van der Waals surface area contributed by atoms with E-state index in [9.17, 15) is 4.79 Å². The Kier molecular flexibility index (Phi) is 2.78. The van der Waals surface area contributed by atoms with Gasteiger partial charge in [0.05, 0.1) is 6.04 Å². The number of fused-ring (bicyclic) bond motifs is 3. The van der Waals surface area contributed by atoms with Gasteiger partial charge in [-0.1, -0.05) is 24.3 Å². The summed E-state index contributed by atoms with van der Waals surface area (Å²) in [6.45, 7) is 5.58. The van der Waals surface area contributed by atoms with E-state index in [4.69, 9.17) is 9.47 Å². The summed E-state index contributed by atoms with van der Waals surface area (Å²) in [5.74, 6) is 0. The van der Waals surface area contributed by atoms with E-state index in [1.807, 2.05) is 32.9 Å². The van der Waals surface area contributed by atoms with Crippen molar-refractivity contribution >= 4 is 6.09 Å². The Hall–Kier alpha value is -1.55. The SMILES string of the molecule is CC(C)(C)OC(=O)N[C@@H]1Cc2ccccc2[C@@H]2O[C@H]12. The topological polar surface area (TPSA) is 50.9 Å². The summed E-state index contributed by atoms with van der Waals surface area (Å²) in [5.41, 5.74) is 2.04. The highest BCUT2D eigenvalue weighted by molar-refractivity contribution is 5.68. The first-order chi connectivity index (χ1) is 8.94. The molecule has 0 radical (unpaired) electrons. The zero-order chi connectivity index (χ0) is 13.6. The van der Waals surface area contributed by atoms with Crippen molar-refractivity contribution in [2.24, 2.45) is 0 Å². The van der Waals surface area contributed by atoms with Crippen LogP contribution < -0.4 is 5.32 Å². The fraction of sp³-hybridized carbons (Fsp3) is 0.533. The van der Waals surface area contributed by atoms with Gasteiger partial charge < -0.3 is 14.8 Å². The van der Waals surface area contributed by atoms with Crippen LogP contribution in [0.4, 0.5) is 4.79 Å². The van der Waals surface area contributed by atoms with Gasteiger partial charge in [0.15, 0.2) is 0 Å². The van der Waals surface area contributed by atoms with Crippen molar-refractivity contribution in [1.82, 2.24) is 5.32 Å². The molecule has 0 aromatic heterocycles. The minimum Gasteiger partial charge on any atom is -0.444 e. The number of amides is 1. The van der Waals surface area contributed by atoms with Gasteiger partial charge in [-0.25, -0.2) is 4.79 Å². The molecule has 19 heavy (non-hydrogen) atoms. The molecule has 0 unspecified atom stereocenters. The molecule has 1 heterocycles. The fourth-order valence-corrected chi connectivity index (χ4v) is 2.62. The van der Waals surface area contributed by atoms with Crippen molar-refractivity contribution in [2.45, 2.75) is 51.0 Å². The van der Waals surface area contributed by atoms with Crippen molar-refractivity contribution in [3.63, 3.8) is 0 Å². The third-order valence-electron chi connectivity index (χ3n) is 3.43. The molecule has 1 aromatic rings. The van der Waals surface area contributed by atoms with Crippen LogP contribution in [-0.4, -0.2) is 23.8 Å². The Bertz CT molecular complexity index is 506. The molecule has 1 aliphatic carbocycles. The second-order valence-electron chi connectivity index (χ2n) is 6.18. The molecule has 1 saturated heterocycles. The van der Waals surface area contributed by atoms with E-state index in [2.05, 4.69) is 17.4 Å². The number of hydrogen-bond donors (Lipinski definition) is 1. The molecule has 3 rings (SSSR count). The largest absolute Gasteiger partial charge is 0.444 e. The Balaban J connectivity index is 1.68. The van der Waals surface area contributed by atoms with Crippen LogP contribution in [0.3, 0.4) is 0 Å². The lowest BCUT2D eigenvalue weighted by Gasteiger charge is -2.25. The molecule has 1 fully saturated rings. The number of benzene rings is 1. The van der Waals surface area contributed by atoms with Gasteiger partial charge in [0.2, 0.25) is 0 Å². The monoisotopic (exact) mass is 261 g/mol. The number of epoxide rings is 1. The van der Waals surface area contributed by atoms with Gasteiger partial charge in [-0.3, -0.25) is 0 Å². The Morgan fingerprint density at radius 1 is 1.37 bits per heavy atom. The number of carbonyl (C=O) groups is 1. The minimum absolute atomic E-state index is 0.00903. The van der Waals surface area contributed by atoms with Crippen molar-refractivity contribution < 1.29 is 14.3 Å². The Labute approximate surface area is 113 Å². The number of hydrogen-bond acceptors (Lipinski definition) is 3. The molecule has 4 nitrogen and oxygen atoms in total. The Morgan fingerprint density at radius 3 is 2.84 bits per heavy atom. The summed E-state index contributed by atoms with van der Waals surface area (Å²) in [7, 11) is 0. The molecule has 102 valence electrons. The first-order valence-electron chi connectivity index (χ1n) is 6.67. The molecule has 1 amide bonds. The van der Waals surface area contributed by atoms with E-state index in [0.29, 0.717) is 0 Å². The minimum atomic E-state index is -0.472. The van der Waals surface area contributed by atoms with Gasteiger partial charge in [0.25, 0.3) is 0 Å². The van der Waals surface area contributed by atoms with E-state index >= 15 is 0 Å². The first-order valence-corrected chi connectivity index (χ1v) is 6.67. The van der Waals surface area contributed by atoms with Gasteiger partial charge in [-0.05, 0) is 38.3 Å². The van der Waals surface area contributed by atoms with Crippen LogP contribution in [0.2, 0.25) is 0 Å². The average Bonchev–Trinajstić information content (AvgIpc) is 3.06. The Morgan fingerprint density at radius 2 is 2.11 bits per heavy atom. The summed E-state index contributed by atoms with van der Waals surface area (Å²) in [6.07, 6.45) is 0.676. The second kappa shape index (κ2) is 4.23. The highest BCUT2D eigenvalue weighted by Gasteiger charge is 2.50. The van der Waals surface area contributed by atoms with Crippen LogP contribution in [0, 0.1) is 0 Å². The first kappa shape index (κ1) is 12.5. The molecule has 4 heteroatoms. The maximum absolute atomic E-state index is 11.8. The smallest absolute Gasteiger partial charge is 0.407 e. The number of rotatable bonds is 1. The summed E-state index contributed by atoms with van der Waals surface area (Å²) in [4.78, 5) is 11.8. The summed E-state index contributed by atoms with van der Waals surface area (Å²) in [6, 6.07) is 8.25. The standard InChI is InChI=1S/C15H19NO3/c1-15(2,3)19-14(17)16-11-8-9-6-4-5-7-10(9)12-13(11)18-12/h4-7,11-13H,8H2,1-3H3,(H,16,17)/t11-,12+,13-/m1/s1. The van der Waals surface area contributed by atoms with Gasteiger partial charge in [0.1, 0.15) is 17.8 Å². The lowest BCUT2D eigenvalue weighted by atomic mass is 9.88. The molecule has 0 spiro atoms. The van der Waals surface area contributed by atoms with Crippen molar-refractivity contribution in [3.05, 3.63) is 35.4 Å². The molecular formula is C15H19NO3. The molecule has 1 aliphatic heterocycles. The fourth-order valence-electron chi connectivity index (χ4n) is 2.62. The zero-order valence-electron chi connectivity index (χ0n) is 11.5. The van der Waals surface area contributed by atoms with E-state index in [0.717, 1.165) is 6.42 Å². The molecule has 0 bridgehead atoms. The van der Waals surface area contributed by atoms with Gasteiger partial charge in [-0.15, -0.1) is 0 Å². The van der Waals surface area contributed by atoms with E-state index in [1.54, 1.807) is 0 Å². The lowest BCUT2D eigenvalue weighted by molar-refractivity contribution is 0.0495. The van der Waals surface area contributed by atoms with E-state index < -0.39 is 5.60 Å². The third kappa shape index (κ3) is 2.59. The van der Waals surface area contributed by atoms with Crippen molar-refractivity contribution in [3.8, 4) is 0 Å². The molecule has 1 aromatic carbocycles. The maximum Gasteiger partial charge on any atom is 0.407 e. The molecule has 0 saturated carbocycles. The lowest BCUT2D eigenvalue weighted by Crippen LogP contribution is -2.44. The van der Waals surface area contributed by atoms with E-state index in [-0.39, 0.29) is 24.3 Å². The molecule has 1 N–H and O–H groups in total. The predicted molar refractivity (Wildman–Crippen MR) is 70.9 cm³/mol. The van der Waals surface area contributed by atoms with Gasteiger partial charge in [-0.2, -0.15) is 0 Å². The highest BCUT2D eigenvalue weighted by Crippen LogP contribution is 2.46. The molecule has 2 aliphatic rings. The highest BCUT2D eigenvalue weighted by atomic mass is 16.6. The summed E-state index contributed by atoms with van der Waals surface area (Å²) < 4.78 is 11.0. The number of carbonyl (C=O) groups excluding carboxylic acids is 1. The van der Waals surface area contributed by atoms with Gasteiger partial charge in [0, 0.05) is 0 Å². The molecular weight excluding hydrogens is 242 g/mol. The average molecular weight is 261 g/mol. The zero-order valence-corrected chi connectivity index (χ0v) is 11.5. The van der Waals surface area contributed by atoms with Crippen LogP contribution in [0.25, 0.3) is 0 Å². The summed E-state index contributed by atoms with van der Waals surface area (Å²) >= 11 is 0. The number of nitrogens with one attached hydrogen (secondary N) is 1. The van der Waals surface area contributed by atoms with Crippen LogP contribution in [0.1, 0.15) is 38.0 Å². The van der Waals surface area contributed by atoms with Crippen LogP contribution in [0.15, 0.2) is 24.3 Å². The van der Waals surface area contributed by atoms with Gasteiger partial charge >= 0.3 is 6.09 Å². The maximum atomic E-state index is 11.8. The number of alkyl carbamates (subject to hydrolysis) is 1. The van der Waals surface area contributed by atoms with Crippen LogP contribution >= 0.6 is 0 Å². The van der Waals surface area contributed by atoms with Crippen molar-refractivity contribution in [2.75, 3.05) is 0 Å². The summed E-state index contributed by atoms with van der Waals surface area (Å²) in [5, 5.41) is 2.92. The van der Waals surface area contributed by atoms with Crippen LogP contribution in [0.5, 0.6) is 0 Å². The van der Waals surface area contributed by atoms with Crippen LogP contribution in [-0.2, 0) is 15.9 Å². The second-order valence-corrected chi connectivity index (χ2v) is 6.18. The van der Waals surface area contributed by atoms with E-state index in [1.165, 1.54) is 11.1 Å². The quantitative estimate of drug-likeness (QED) is 0.790. The number of ether oxygens (including phenoxy) is 2. The molecule has 3 atom stereocenters. The normalized spacial score (nSPS) is 28.1.